The maximum absolute atomic E-state index is 6.41. The fourth-order valence-electron chi connectivity index (χ4n) is 3.84. The standard InChI is InChI=1S/C23H19ClN2O2/c1-27-21-11-4-3-10-18(21)23-26-20(17-9-2-5-12-22(17)28-23)14-19(25-26)15-7-6-8-16(24)13-15/h2-14,20,23,25H,1H3/t20-,23+/m1/s1. The molecule has 0 spiro atoms. The number of halogens is 1. The van der Waals surface area contributed by atoms with Gasteiger partial charge >= 0.3 is 0 Å². The molecule has 0 radical (unpaired) electrons. The van der Waals surface area contributed by atoms with Gasteiger partial charge in [-0.3, -0.25) is 0 Å². The van der Waals surface area contributed by atoms with E-state index in [9.17, 15) is 0 Å². The molecule has 0 fully saturated rings. The van der Waals surface area contributed by atoms with Crippen molar-refractivity contribution in [2.75, 3.05) is 7.11 Å². The minimum absolute atomic E-state index is 0.0360. The number of benzene rings is 3. The van der Waals surface area contributed by atoms with E-state index in [1.807, 2.05) is 66.7 Å². The summed E-state index contributed by atoms with van der Waals surface area (Å²) >= 11 is 6.21. The normalized spacial score (nSPS) is 20.4. The molecule has 0 aliphatic carbocycles. The summed E-state index contributed by atoms with van der Waals surface area (Å²) in [7, 11) is 1.68. The Bertz CT molecular complexity index is 1070. The fraction of sp³-hybridized carbons (Fsp3) is 0.130. The van der Waals surface area contributed by atoms with Gasteiger partial charge in [0, 0.05) is 16.1 Å². The largest absolute Gasteiger partial charge is 0.496 e. The van der Waals surface area contributed by atoms with Gasteiger partial charge in [0.2, 0.25) is 0 Å². The van der Waals surface area contributed by atoms with Crippen molar-refractivity contribution in [1.82, 2.24) is 10.4 Å². The van der Waals surface area contributed by atoms with Crippen LogP contribution in [0.3, 0.4) is 0 Å². The van der Waals surface area contributed by atoms with E-state index in [0.717, 1.165) is 33.9 Å². The van der Waals surface area contributed by atoms with Crippen LogP contribution in [0, 0.1) is 0 Å². The van der Waals surface area contributed by atoms with Crippen LogP contribution in [0.2, 0.25) is 5.02 Å². The van der Waals surface area contributed by atoms with Gasteiger partial charge < -0.3 is 14.9 Å². The highest BCUT2D eigenvalue weighted by molar-refractivity contribution is 6.30. The summed E-state index contributed by atoms with van der Waals surface area (Å²) in [6.07, 6.45) is 1.89. The van der Waals surface area contributed by atoms with Crippen LogP contribution < -0.4 is 14.9 Å². The van der Waals surface area contributed by atoms with E-state index in [0.29, 0.717) is 5.02 Å². The zero-order chi connectivity index (χ0) is 19.1. The first-order valence-corrected chi connectivity index (χ1v) is 9.53. The highest BCUT2D eigenvalue weighted by atomic mass is 35.5. The molecule has 3 aromatic carbocycles. The van der Waals surface area contributed by atoms with Gasteiger partial charge in [0.15, 0.2) is 6.23 Å². The maximum Gasteiger partial charge on any atom is 0.199 e. The first-order chi connectivity index (χ1) is 13.7. The Morgan fingerprint density at radius 2 is 1.75 bits per heavy atom. The van der Waals surface area contributed by atoms with Gasteiger partial charge in [-0.05, 0) is 30.3 Å². The minimum atomic E-state index is -0.330. The van der Waals surface area contributed by atoms with E-state index in [4.69, 9.17) is 21.1 Å². The Kier molecular flexibility index (Phi) is 4.23. The molecule has 0 aromatic heterocycles. The minimum Gasteiger partial charge on any atom is -0.496 e. The van der Waals surface area contributed by atoms with Gasteiger partial charge in [0.25, 0.3) is 0 Å². The predicted molar refractivity (Wildman–Crippen MR) is 110 cm³/mol. The molecular weight excluding hydrogens is 372 g/mol. The molecule has 140 valence electrons. The molecule has 5 rings (SSSR count). The van der Waals surface area contributed by atoms with Crippen molar-refractivity contribution < 1.29 is 9.47 Å². The number of nitrogens with one attached hydrogen (secondary N) is 1. The van der Waals surface area contributed by atoms with Crippen LogP contribution >= 0.6 is 11.6 Å². The molecule has 4 nitrogen and oxygen atoms in total. The molecule has 0 unspecified atom stereocenters. The second-order valence-electron chi connectivity index (χ2n) is 6.80. The lowest BCUT2D eigenvalue weighted by Crippen LogP contribution is -2.43. The second kappa shape index (κ2) is 6.89. The lowest BCUT2D eigenvalue weighted by molar-refractivity contribution is -0.0338. The first-order valence-electron chi connectivity index (χ1n) is 9.16. The van der Waals surface area contributed by atoms with Crippen molar-refractivity contribution in [3.05, 3.63) is 101 Å². The third kappa shape index (κ3) is 2.82. The van der Waals surface area contributed by atoms with E-state index < -0.39 is 0 Å². The van der Waals surface area contributed by atoms with Crippen LogP contribution in [-0.4, -0.2) is 12.1 Å². The summed E-state index contributed by atoms with van der Waals surface area (Å²) in [4.78, 5) is 0. The average Bonchev–Trinajstić information content (AvgIpc) is 3.19. The molecule has 1 N–H and O–H groups in total. The predicted octanol–water partition coefficient (Wildman–Crippen LogP) is 5.34. The number of rotatable bonds is 3. The molecule has 0 saturated heterocycles. The summed E-state index contributed by atoms with van der Waals surface area (Å²) in [5.41, 5.74) is 7.67. The van der Waals surface area contributed by atoms with Crippen molar-refractivity contribution in [2.45, 2.75) is 12.3 Å². The molecule has 28 heavy (non-hydrogen) atoms. The van der Waals surface area contributed by atoms with E-state index >= 15 is 0 Å². The summed E-state index contributed by atoms with van der Waals surface area (Å²) < 4.78 is 12.0. The number of hydrazine groups is 1. The Hall–Kier alpha value is -2.95. The molecule has 5 heteroatoms. The number of nitrogens with zero attached hydrogens (tertiary/aromatic N) is 1. The van der Waals surface area contributed by atoms with Gasteiger partial charge in [-0.15, -0.1) is 0 Å². The van der Waals surface area contributed by atoms with Crippen molar-refractivity contribution >= 4 is 17.3 Å². The molecule has 2 atom stereocenters. The van der Waals surface area contributed by atoms with E-state index in [1.165, 1.54) is 0 Å². The molecule has 2 heterocycles. The van der Waals surface area contributed by atoms with Crippen LogP contribution in [0.5, 0.6) is 11.5 Å². The SMILES string of the molecule is COc1ccccc1[C@@H]1Oc2ccccc2[C@H]2C=C(c3cccc(Cl)c3)NN21. The third-order valence-electron chi connectivity index (χ3n) is 5.14. The molecule has 3 aromatic rings. The number of methoxy groups -OCH3 is 1. The summed E-state index contributed by atoms with van der Waals surface area (Å²) in [5.74, 6) is 1.67. The number of fused-ring (bicyclic) bond motifs is 3. The van der Waals surface area contributed by atoms with Gasteiger partial charge in [0.05, 0.1) is 24.4 Å². The Labute approximate surface area is 168 Å². The average molecular weight is 391 g/mol. The molecule has 2 aliphatic rings. The Morgan fingerprint density at radius 3 is 2.57 bits per heavy atom. The lowest BCUT2D eigenvalue weighted by atomic mass is 10.0. The molecular formula is C23H19ClN2O2. The summed E-state index contributed by atoms with van der Waals surface area (Å²) in [5, 5.41) is 2.83. The number of ether oxygens (including phenoxy) is 2. The lowest BCUT2D eigenvalue weighted by Gasteiger charge is -2.39. The monoisotopic (exact) mass is 390 g/mol. The van der Waals surface area contributed by atoms with Crippen molar-refractivity contribution in [1.29, 1.82) is 0 Å². The topological polar surface area (TPSA) is 33.7 Å². The van der Waals surface area contributed by atoms with Crippen molar-refractivity contribution in [3.63, 3.8) is 0 Å². The molecule has 0 bridgehead atoms. The van der Waals surface area contributed by atoms with E-state index in [2.05, 4.69) is 22.6 Å². The van der Waals surface area contributed by atoms with Gasteiger partial charge in [-0.1, -0.05) is 60.1 Å². The highest BCUT2D eigenvalue weighted by Crippen LogP contribution is 2.47. The van der Waals surface area contributed by atoms with Crippen molar-refractivity contribution in [3.8, 4) is 11.5 Å². The fourth-order valence-corrected chi connectivity index (χ4v) is 4.03. The van der Waals surface area contributed by atoms with Crippen LogP contribution in [0.15, 0.2) is 78.9 Å². The van der Waals surface area contributed by atoms with Gasteiger partial charge in [-0.25, -0.2) is 0 Å². The second-order valence-corrected chi connectivity index (χ2v) is 7.24. The zero-order valence-corrected chi connectivity index (χ0v) is 16.1. The van der Waals surface area contributed by atoms with Crippen molar-refractivity contribution in [2.24, 2.45) is 0 Å². The van der Waals surface area contributed by atoms with Crippen LogP contribution in [-0.2, 0) is 0 Å². The van der Waals surface area contributed by atoms with E-state index in [1.54, 1.807) is 7.11 Å². The van der Waals surface area contributed by atoms with Gasteiger partial charge in [0.1, 0.15) is 11.5 Å². The Morgan fingerprint density at radius 1 is 0.964 bits per heavy atom. The zero-order valence-electron chi connectivity index (χ0n) is 15.3. The van der Waals surface area contributed by atoms with Crippen LogP contribution in [0.1, 0.15) is 29.0 Å². The number of hydrogen-bond acceptors (Lipinski definition) is 4. The Balaban J connectivity index is 1.61. The van der Waals surface area contributed by atoms with Crippen LogP contribution in [0.4, 0.5) is 0 Å². The highest BCUT2D eigenvalue weighted by Gasteiger charge is 2.41. The van der Waals surface area contributed by atoms with Crippen LogP contribution in [0.25, 0.3) is 5.70 Å². The number of para-hydroxylation sites is 2. The summed E-state index contributed by atoms with van der Waals surface area (Å²) in [6.45, 7) is 0. The molecule has 0 amide bonds. The number of hydrogen-bond donors (Lipinski definition) is 1. The smallest absolute Gasteiger partial charge is 0.199 e. The first kappa shape index (κ1) is 17.2. The molecule has 0 saturated carbocycles. The maximum atomic E-state index is 6.41. The van der Waals surface area contributed by atoms with Gasteiger partial charge in [-0.2, -0.15) is 5.01 Å². The quantitative estimate of drug-likeness (QED) is 0.654. The van der Waals surface area contributed by atoms with E-state index in [-0.39, 0.29) is 12.3 Å². The molecule has 2 aliphatic heterocycles. The third-order valence-corrected chi connectivity index (χ3v) is 5.38. The summed E-state index contributed by atoms with van der Waals surface area (Å²) in [6, 6.07) is 24.0.